The first-order valence-corrected chi connectivity index (χ1v) is 8.91. The summed E-state index contributed by atoms with van der Waals surface area (Å²) in [5, 5.41) is 8.72. The average molecular weight is 373 g/mol. The Morgan fingerprint density at radius 3 is 2.96 bits per heavy atom. The standard InChI is InChI=1S/C19H24FN5O2/c1-3-27-10-12(21)8-22-18-16(20)14-9-23-19(26)15(14)17(25-18)24-13-6-4-5-11(2)7-13/h4-7,12H,3,8-10,21H2,1-2H3,(H,23,26)(H2,22,24,25)/t12-/m1/s1. The van der Waals surface area contributed by atoms with Crippen molar-refractivity contribution in [3.63, 3.8) is 0 Å². The van der Waals surface area contributed by atoms with Crippen LogP contribution in [-0.4, -0.2) is 36.7 Å². The SMILES string of the molecule is CCOC[C@H](N)CNc1nc(Nc2cccc(C)c2)c2c(c1F)CNC2=O. The van der Waals surface area contributed by atoms with Crippen molar-refractivity contribution in [1.29, 1.82) is 0 Å². The largest absolute Gasteiger partial charge is 0.380 e. The molecule has 0 saturated heterocycles. The van der Waals surface area contributed by atoms with Gasteiger partial charge < -0.3 is 26.4 Å². The van der Waals surface area contributed by atoms with Gasteiger partial charge in [0.15, 0.2) is 11.6 Å². The van der Waals surface area contributed by atoms with Crippen molar-refractivity contribution in [2.24, 2.45) is 5.73 Å². The van der Waals surface area contributed by atoms with E-state index in [0.717, 1.165) is 11.3 Å². The highest BCUT2D eigenvalue weighted by Crippen LogP contribution is 2.31. The highest BCUT2D eigenvalue weighted by molar-refractivity contribution is 6.03. The Bertz CT molecular complexity index is 843. The molecule has 1 amide bonds. The van der Waals surface area contributed by atoms with Gasteiger partial charge in [0, 0.05) is 37.0 Å². The van der Waals surface area contributed by atoms with Gasteiger partial charge in [-0.1, -0.05) is 12.1 Å². The quantitative estimate of drug-likeness (QED) is 0.566. The predicted octanol–water partition coefficient (Wildman–Crippen LogP) is 2.29. The van der Waals surface area contributed by atoms with Crippen LogP contribution < -0.4 is 21.7 Å². The highest BCUT2D eigenvalue weighted by Gasteiger charge is 2.29. The van der Waals surface area contributed by atoms with Crippen molar-refractivity contribution < 1.29 is 13.9 Å². The summed E-state index contributed by atoms with van der Waals surface area (Å²) in [5.74, 6) is -0.506. The van der Waals surface area contributed by atoms with E-state index in [9.17, 15) is 9.18 Å². The molecule has 2 aromatic rings. The zero-order valence-corrected chi connectivity index (χ0v) is 15.4. The molecule has 1 aliphatic heterocycles. The number of aromatic nitrogens is 1. The van der Waals surface area contributed by atoms with E-state index in [1.807, 2.05) is 38.1 Å². The number of hydrogen-bond donors (Lipinski definition) is 4. The second kappa shape index (κ2) is 8.32. The van der Waals surface area contributed by atoms with Gasteiger partial charge in [-0.3, -0.25) is 4.79 Å². The van der Waals surface area contributed by atoms with Crippen LogP contribution in [-0.2, 0) is 11.3 Å². The van der Waals surface area contributed by atoms with Crippen LogP contribution in [0, 0.1) is 12.7 Å². The van der Waals surface area contributed by atoms with E-state index in [2.05, 4.69) is 20.9 Å². The van der Waals surface area contributed by atoms with Crippen LogP contribution in [0.1, 0.15) is 28.4 Å². The molecule has 0 fully saturated rings. The average Bonchev–Trinajstić information content (AvgIpc) is 3.03. The van der Waals surface area contributed by atoms with E-state index in [0.29, 0.717) is 31.1 Å². The predicted molar refractivity (Wildman–Crippen MR) is 103 cm³/mol. The zero-order chi connectivity index (χ0) is 19.4. The van der Waals surface area contributed by atoms with Crippen LogP contribution in [0.2, 0.25) is 0 Å². The number of fused-ring (bicyclic) bond motifs is 1. The van der Waals surface area contributed by atoms with Gasteiger partial charge in [0.05, 0.1) is 12.2 Å². The number of hydrogen-bond acceptors (Lipinski definition) is 6. The number of nitrogens with one attached hydrogen (secondary N) is 3. The molecule has 5 N–H and O–H groups in total. The summed E-state index contributed by atoms with van der Waals surface area (Å²) in [6.07, 6.45) is 0. The summed E-state index contributed by atoms with van der Waals surface area (Å²) >= 11 is 0. The molecule has 1 aromatic carbocycles. The lowest BCUT2D eigenvalue weighted by Gasteiger charge is -2.16. The zero-order valence-electron chi connectivity index (χ0n) is 15.4. The van der Waals surface area contributed by atoms with Crippen molar-refractivity contribution in [2.75, 3.05) is 30.4 Å². The molecule has 1 aromatic heterocycles. The van der Waals surface area contributed by atoms with Gasteiger partial charge in [-0.25, -0.2) is 9.37 Å². The van der Waals surface area contributed by atoms with E-state index < -0.39 is 5.82 Å². The maximum Gasteiger partial charge on any atom is 0.255 e. The first-order chi connectivity index (χ1) is 13.0. The Labute approximate surface area is 157 Å². The summed E-state index contributed by atoms with van der Waals surface area (Å²) in [6.45, 7) is 5.21. The molecule has 1 aliphatic rings. The molecule has 144 valence electrons. The topological polar surface area (TPSA) is 101 Å². The third-order valence-corrected chi connectivity index (χ3v) is 4.24. The molecule has 2 heterocycles. The number of pyridine rings is 1. The van der Waals surface area contributed by atoms with Gasteiger partial charge in [-0.05, 0) is 31.5 Å². The Kier molecular flexibility index (Phi) is 5.88. The molecule has 0 bridgehead atoms. The van der Waals surface area contributed by atoms with Gasteiger partial charge in [-0.15, -0.1) is 0 Å². The number of carbonyl (C=O) groups is 1. The maximum absolute atomic E-state index is 14.8. The van der Waals surface area contributed by atoms with E-state index in [-0.39, 0.29) is 29.9 Å². The van der Waals surface area contributed by atoms with E-state index >= 15 is 0 Å². The number of amides is 1. The molecule has 0 radical (unpaired) electrons. The van der Waals surface area contributed by atoms with Crippen LogP contribution in [0.4, 0.5) is 21.7 Å². The Morgan fingerprint density at radius 2 is 2.22 bits per heavy atom. The van der Waals surface area contributed by atoms with E-state index in [1.54, 1.807) is 0 Å². The molecule has 0 saturated carbocycles. The minimum absolute atomic E-state index is 0.0624. The minimum atomic E-state index is -0.540. The molecule has 0 spiro atoms. The van der Waals surface area contributed by atoms with Crippen LogP contribution in [0.3, 0.4) is 0 Å². The van der Waals surface area contributed by atoms with E-state index in [4.69, 9.17) is 10.5 Å². The number of aryl methyl sites for hydroxylation is 1. The van der Waals surface area contributed by atoms with Crippen molar-refractivity contribution in [1.82, 2.24) is 10.3 Å². The van der Waals surface area contributed by atoms with Gasteiger partial charge in [0.1, 0.15) is 5.82 Å². The number of ether oxygens (including phenoxy) is 1. The highest BCUT2D eigenvalue weighted by atomic mass is 19.1. The van der Waals surface area contributed by atoms with Crippen LogP contribution in [0.15, 0.2) is 24.3 Å². The Hall–Kier alpha value is -2.71. The number of nitrogens with zero attached hydrogens (tertiary/aromatic N) is 1. The van der Waals surface area contributed by atoms with Crippen molar-refractivity contribution in [2.45, 2.75) is 26.4 Å². The van der Waals surface area contributed by atoms with Crippen molar-refractivity contribution >= 4 is 23.2 Å². The fourth-order valence-electron chi connectivity index (χ4n) is 2.90. The molecule has 27 heavy (non-hydrogen) atoms. The summed E-state index contributed by atoms with van der Waals surface area (Å²) in [7, 11) is 0. The molecular formula is C19H24FN5O2. The number of halogens is 1. The van der Waals surface area contributed by atoms with Crippen molar-refractivity contribution in [3.8, 4) is 0 Å². The molecular weight excluding hydrogens is 349 g/mol. The lowest BCUT2D eigenvalue weighted by molar-refractivity contribution is 0.0966. The number of rotatable bonds is 8. The summed E-state index contributed by atoms with van der Waals surface area (Å²) in [4.78, 5) is 16.5. The molecule has 0 aliphatic carbocycles. The lowest BCUT2D eigenvalue weighted by Crippen LogP contribution is -2.34. The smallest absolute Gasteiger partial charge is 0.255 e. The molecule has 1 atom stereocenters. The summed E-state index contributed by atoms with van der Waals surface area (Å²) < 4.78 is 20.1. The van der Waals surface area contributed by atoms with Crippen molar-refractivity contribution in [3.05, 3.63) is 46.8 Å². The molecule has 3 rings (SSSR count). The number of benzene rings is 1. The van der Waals surface area contributed by atoms with E-state index in [1.165, 1.54) is 0 Å². The molecule has 0 unspecified atom stereocenters. The van der Waals surface area contributed by atoms with Gasteiger partial charge in [0.25, 0.3) is 5.91 Å². The summed E-state index contributed by atoms with van der Waals surface area (Å²) in [5.41, 5.74) is 8.31. The monoisotopic (exact) mass is 373 g/mol. The fourth-order valence-corrected chi connectivity index (χ4v) is 2.90. The number of nitrogens with two attached hydrogens (primary N) is 1. The first kappa shape index (κ1) is 19.1. The molecule has 7 nitrogen and oxygen atoms in total. The second-order valence-corrected chi connectivity index (χ2v) is 6.45. The Balaban J connectivity index is 1.88. The van der Waals surface area contributed by atoms with Gasteiger partial charge in [0.2, 0.25) is 0 Å². The number of carbonyl (C=O) groups excluding carboxylic acids is 1. The number of anilines is 3. The van der Waals surface area contributed by atoms with Crippen LogP contribution >= 0.6 is 0 Å². The normalized spacial score (nSPS) is 13.9. The Morgan fingerprint density at radius 1 is 1.41 bits per heavy atom. The second-order valence-electron chi connectivity index (χ2n) is 6.45. The van der Waals surface area contributed by atoms with Gasteiger partial charge in [-0.2, -0.15) is 0 Å². The molecule has 8 heteroatoms. The summed E-state index contributed by atoms with van der Waals surface area (Å²) in [6, 6.07) is 7.35. The van der Waals surface area contributed by atoms with Gasteiger partial charge >= 0.3 is 0 Å². The van der Waals surface area contributed by atoms with Crippen LogP contribution in [0.25, 0.3) is 0 Å². The van der Waals surface area contributed by atoms with Crippen LogP contribution in [0.5, 0.6) is 0 Å². The minimum Gasteiger partial charge on any atom is -0.380 e. The third-order valence-electron chi connectivity index (χ3n) is 4.24. The fraction of sp³-hybridized carbons (Fsp3) is 0.368. The first-order valence-electron chi connectivity index (χ1n) is 8.91. The maximum atomic E-state index is 14.8. The third kappa shape index (κ3) is 4.35. The lowest BCUT2D eigenvalue weighted by atomic mass is 10.1.